The Kier molecular flexibility index (Phi) is 6.00. The van der Waals surface area contributed by atoms with Crippen LogP contribution in [0.5, 0.6) is 5.75 Å². The van der Waals surface area contributed by atoms with Gasteiger partial charge in [-0.3, -0.25) is 4.79 Å². The van der Waals surface area contributed by atoms with Crippen LogP contribution in [0.3, 0.4) is 0 Å². The van der Waals surface area contributed by atoms with Crippen molar-refractivity contribution in [3.8, 4) is 17.0 Å². The average Bonchev–Trinajstić information content (AvgIpc) is 2.83. The van der Waals surface area contributed by atoms with Crippen LogP contribution in [0.2, 0.25) is 0 Å². The maximum Gasteiger partial charge on any atom is 0.345 e. The number of carboxylic acid groups (broad SMARTS) is 1. The number of rotatable bonds is 5. The highest BCUT2D eigenvalue weighted by Crippen LogP contribution is 2.41. The average molecular weight is 418 g/mol. The number of hydrogen-bond acceptors (Lipinski definition) is 4. The van der Waals surface area contributed by atoms with Crippen molar-refractivity contribution in [3.63, 3.8) is 0 Å². The van der Waals surface area contributed by atoms with Gasteiger partial charge in [-0.25, -0.2) is 4.79 Å². The third-order valence-corrected chi connectivity index (χ3v) is 5.48. The molecule has 0 bridgehead atoms. The van der Waals surface area contributed by atoms with E-state index in [1.807, 2.05) is 25.2 Å². The molecule has 0 radical (unpaired) electrons. The molecule has 154 valence electrons. The molecule has 4 N–H and O–H groups in total. The highest BCUT2D eigenvalue weighted by Gasteiger charge is 2.28. The Morgan fingerprint density at radius 1 is 1.28 bits per heavy atom. The zero-order chi connectivity index (χ0) is 19.8. The van der Waals surface area contributed by atoms with E-state index in [9.17, 15) is 19.8 Å². The van der Waals surface area contributed by atoms with E-state index in [4.69, 9.17) is 0 Å². The lowest BCUT2D eigenvalue weighted by Crippen LogP contribution is -2.20. The standard InChI is InChI=1S/C21H23N3O4.ClH/c1-22-10-5-11-24-14-8-3-2-6-12(14)16-15(24)9-4-7-13-18(16)23-20(26)17(19(13)25)21(27)28;/h2-3,6,8,22H,4-5,7,9-11H2,1H3,(H,27,28)(H2,23,25,26);1H. The molecule has 1 aliphatic carbocycles. The number of nitrogens with one attached hydrogen (secondary N) is 2. The van der Waals surface area contributed by atoms with Crippen LogP contribution >= 0.6 is 12.4 Å². The van der Waals surface area contributed by atoms with E-state index in [1.165, 1.54) is 0 Å². The molecule has 8 heteroatoms. The van der Waals surface area contributed by atoms with Gasteiger partial charge in [0.25, 0.3) is 5.56 Å². The number of halogens is 1. The molecule has 2 heterocycles. The summed E-state index contributed by atoms with van der Waals surface area (Å²) in [5, 5.41) is 24.1. The molecule has 3 aromatic rings. The van der Waals surface area contributed by atoms with Gasteiger partial charge >= 0.3 is 5.97 Å². The Morgan fingerprint density at radius 3 is 2.76 bits per heavy atom. The van der Waals surface area contributed by atoms with Crippen LogP contribution < -0.4 is 10.9 Å². The third-order valence-electron chi connectivity index (χ3n) is 5.48. The first-order valence-corrected chi connectivity index (χ1v) is 9.51. The maximum absolute atomic E-state index is 12.4. The first-order valence-electron chi connectivity index (χ1n) is 9.51. The topological polar surface area (TPSA) is 107 Å². The first-order chi connectivity index (χ1) is 13.5. The molecular weight excluding hydrogens is 394 g/mol. The summed E-state index contributed by atoms with van der Waals surface area (Å²) in [6.45, 7) is 1.74. The van der Waals surface area contributed by atoms with Gasteiger partial charge in [-0.05, 0) is 45.3 Å². The van der Waals surface area contributed by atoms with Crippen LogP contribution in [0.25, 0.3) is 22.2 Å². The molecule has 0 unspecified atom stereocenters. The maximum atomic E-state index is 12.4. The Morgan fingerprint density at radius 2 is 2.03 bits per heavy atom. The number of aryl methyl sites for hydroxylation is 1. The van der Waals surface area contributed by atoms with Gasteiger partial charge in [-0.1, -0.05) is 18.2 Å². The Hall–Kier alpha value is -2.77. The summed E-state index contributed by atoms with van der Waals surface area (Å²) in [4.78, 5) is 26.6. The van der Waals surface area contributed by atoms with Gasteiger partial charge in [-0.15, -0.1) is 12.4 Å². The Labute approximate surface area is 173 Å². The van der Waals surface area contributed by atoms with Crippen molar-refractivity contribution in [2.24, 2.45) is 0 Å². The highest BCUT2D eigenvalue weighted by atomic mass is 35.5. The zero-order valence-corrected chi connectivity index (χ0v) is 16.9. The van der Waals surface area contributed by atoms with Crippen LogP contribution in [-0.4, -0.2) is 39.3 Å². The Balaban J connectivity index is 0.00000240. The second-order valence-corrected chi connectivity index (χ2v) is 7.14. The summed E-state index contributed by atoms with van der Waals surface area (Å²) in [6.07, 6.45) is 3.04. The van der Waals surface area contributed by atoms with E-state index >= 15 is 0 Å². The number of carboxylic acids is 1. The number of aromatic carboxylic acids is 1. The number of aromatic hydroxyl groups is 1. The van der Waals surface area contributed by atoms with E-state index in [2.05, 4.69) is 20.9 Å². The van der Waals surface area contributed by atoms with Gasteiger partial charge in [0.15, 0.2) is 5.56 Å². The van der Waals surface area contributed by atoms with Crippen LogP contribution in [0.4, 0.5) is 0 Å². The summed E-state index contributed by atoms with van der Waals surface area (Å²) in [5.41, 5.74) is 2.80. The van der Waals surface area contributed by atoms with Crippen LogP contribution in [0.15, 0.2) is 29.1 Å². The van der Waals surface area contributed by atoms with Gasteiger partial charge in [0.05, 0.1) is 5.69 Å². The smallest absolute Gasteiger partial charge is 0.345 e. The minimum Gasteiger partial charge on any atom is -0.506 e. The molecule has 0 spiro atoms. The lowest BCUT2D eigenvalue weighted by atomic mass is 10.00. The lowest BCUT2D eigenvalue weighted by Gasteiger charge is -2.11. The first kappa shape index (κ1) is 21.0. The number of para-hydroxylation sites is 1. The molecule has 0 aliphatic heterocycles. The molecule has 0 amide bonds. The summed E-state index contributed by atoms with van der Waals surface area (Å²) in [6, 6.07) is 8.02. The molecule has 7 nitrogen and oxygen atoms in total. The molecule has 1 aliphatic rings. The quantitative estimate of drug-likeness (QED) is 0.477. The second kappa shape index (κ2) is 8.31. The van der Waals surface area contributed by atoms with Gasteiger partial charge in [-0.2, -0.15) is 0 Å². The number of carbonyl (C=O) groups is 1. The van der Waals surface area contributed by atoms with Crippen molar-refractivity contribution in [2.45, 2.75) is 32.2 Å². The van der Waals surface area contributed by atoms with Crippen molar-refractivity contribution in [3.05, 3.63) is 51.4 Å². The van der Waals surface area contributed by atoms with E-state index < -0.39 is 22.8 Å². The summed E-state index contributed by atoms with van der Waals surface area (Å²) >= 11 is 0. The summed E-state index contributed by atoms with van der Waals surface area (Å²) < 4.78 is 2.29. The fourth-order valence-corrected chi connectivity index (χ4v) is 4.28. The van der Waals surface area contributed by atoms with Crippen LogP contribution in [0, 0.1) is 0 Å². The summed E-state index contributed by atoms with van der Waals surface area (Å²) in [5.74, 6) is -1.83. The number of fused-ring (bicyclic) bond motifs is 5. The molecular formula is C21H24ClN3O4. The predicted molar refractivity (Wildman–Crippen MR) is 114 cm³/mol. The monoisotopic (exact) mass is 417 g/mol. The molecule has 29 heavy (non-hydrogen) atoms. The number of aromatic amines is 1. The number of pyridine rings is 1. The number of benzene rings is 1. The molecule has 0 saturated carbocycles. The van der Waals surface area contributed by atoms with Crippen molar-refractivity contribution < 1.29 is 15.0 Å². The largest absolute Gasteiger partial charge is 0.506 e. The second-order valence-electron chi connectivity index (χ2n) is 7.14. The van der Waals surface area contributed by atoms with Crippen molar-refractivity contribution in [1.29, 1.82) is 0 Å². The summed E-state index contributed by atoms with van der Waals surface area (Å²) in [7, 11) is 1.93. The van der Waals surface area contributed by atoms with E-state index in [-0.39, 0.29) is 12.4 Å². The molecule has 1 aromatic carbocycles. The van der Waals surface area contributed by atoms with E-state index in [0.717, 1.165) is 54.5 Å². The van der Waals surface area contributed by atoms with Gasteiger partial charge in [0.1, 0.15) is 5.75 Å². The molecule has 0 atom stereocenters. The zero-order valence-electron chi connectivity index (χ0n) is 16.1. The fourth-order valence-electron chi connectivity index (χ4n) is 4.28. The van der Waals surface area contributed by atoms with Gasteiger partial charge in [0.2, 0.25) is 0 Å². The van der Waals surface area contributed by atoms with Crippen LogP contribution in [0.1, 0.15) is 34.5 Å². The van der Waals surface area contributed by atoms with Crippen molar-refractivity contribution in [2.75, 3.05) is 13.6 Å². The van der Waals surface area contributed by atoms with Crippen molar-refractivity contribution >= 4 is 29.3 Å². The predicted octanol–water partition coefficient (Wildman–Crippen LogP) is 2.92. The SMILES string of the molecule is CNCCCn1c2c(c3ccccc31)-c1[nH]c(=O)c(C(=O)O)c(O)c1CCC2.Cl. The van der Waals surface area contributed by atoms with E-state index in [0.29, 0.717) is 17.7 Å². The number of H-pyrrole nitrogens is 1. The molecule has 0 fully saturated rings. The molecule has 2 aromatic heterocycles. The number of nitrogens with zero attached hydrogens (tertiary/aromatic N) is 1. The minimum absolute atomic E-state index is 0. The normalized spacial score (nSPS) is 12.7. The third kappa shape index (κ3) is 3.41. The molecule has 4 rings (SSSR count). The number of aromatic nitrogens is 2. The number of hydrogen-bond donors (Lipinski definition) is 4. The van der Waals surface area contributed by atoms with Gasteiger partial charge < -0.3 is 25.1 Å². The molecule has 0 saturated heterocycles. The minimum atomic E-state index is -1.42. The van der Waals surface area contributed by atoms with E-state index in [1.54, 1.807) is 0 Å². The van der Waals surface area contributed by atoms with Crippen LogP contribution in [-0.2, 0) is 19.4 Å². The fraction of sp³-hybridized carbons (Fsp3) is 0.333. The van der Waals surface area contributed by atoms with Crippen molar-refractivity contribution in [1.82, 2.24) is 14.9 Å². The Bertz CT molecular complexity index is 1130. The highest BCUT2D eigenvalue weighted by molar-refractivity contribution is 6.00. The van der Waals surface area contributed by atoms with Gasteiger partial charge in [0, 0.05) is 34.3 Å². The lowest BCUT2D eigenvalue weighted by molar-refractivity contribution is 0.0691.